The van der Waals surface area contributed by atoms with E-state index >= 15 is 0 Å². The van der Waals surface area contributed by atoms with Gasteiger partial charge in [0.25, 0.3) is 0 Å². The van der Waals surface area contributed by atoms with E-state index in [2.05, 4.69) is 59.3 Å². The van der Waals surface area contributed by atoms with Gasteiger partial charge in [-0.15, -0.1) is 0 Å². The molecule has 0 aliphatic carbocycles. The fraction of sp³-hybridized carbons (Fsp3) is 0.438. The molecular formula is C16H23N3. The molecule has 1 N–H and O–H groups in total. The van der Waals surface area contributed by atoms with Crippen molar-refractivity contribution < 1.29 is 0 Å². The maximum atomic E-state index is 4.67. The van der Waals surface area contributed by atoms with Gasteiger partial charge in [0, 0.05) is 12.2 Å². The molecule has 1 aromatic carbocycles. The predicted molar refractivity (Wildman–Crippen MR) is 79.3 cm³/mol. The van der Waals surface area contributed by atoms with E-state index in [1.54, 1.807) is 0 Å². The zero-order chi connectivity index (χ0) is 13.7. The Labute approximate surface area is 115 Å². The van der Waals surface area contributed by atoms with Gasteiger partial charge in [-0.3, -0.25) is 4.68 Å². The minimum atomic E-state index is 0.862. The van der Waals surface area contributed by atoms with Gasteiger partial charge >= 0.3 is 0 Å². The summed E-state index contributed by atoms with van der Waals surface area (Å²) >= 11 is 0. The van der Waals surface area contributed by atoms with Crippen molar-refractivity contribution in [3.63, 3.8) is 0 Å². The van der Waals surface area contributed by atoms with Crippen molar-refractivity contribution in [2.24, 2.45) is 0 Å². The Morgan fingerprint density at radius 3 is 2.58 bits per heavy atom. The van der Waals surface area contributed by atoms with Crippen LogP contribution < -0.4 is 5.32 Å². The number of nitrogens with zero attached hydrogens (tertiary/aromatic N) is 2. The van der Waals surface area contributed by atoms with E-state index in [1.165, 1.54) is 22.5 Å². The van der Waals surface area contributed by atoms with Gasteiger partial charge in [0.2, 0.25) is 0 Å². The number of aryl methyl sites for hydroxylation is 2. The molecule has 2 aromatic rings. The molecule has 0 amide bonds. The van der Waals surface area contributed by atoms with E-state index in [1.807, 2.05) is 7.05 Å². The summed E-state index contributed by atoms with van der Waals surface area (Å²) in [4.78, 5) is 0. The van der Waals surface area contributed by atoms with Gasteiger partial charge in [0.05, 0.1) is 12.2 Å². The largest absolute Gasteiger partial charge is 0.316 e. The molecular weight excluding hydrogens is 234 g/mol. The van der Waals surface area contributed by atoms with Gasteiger partial charge in [-0.1, -0.05) is 38.1 Å². The highest BCUT2D eigenvalue weighted by molar-refractivity contribution is 5.24. The summed E-state index contributed by atoms with van der Waals surface area (Å²) in [5, 5.41) is 7.86. The first-order valence-corrected chi connectivity index (χ1v) is 7.04. The van der Waals surface area contributed by atoms with Gasteiger partial charge in [-0.25, -0.2) is 0 Å². The average Bonchev–Trinajstić information content (AvgIpc) is 2.82. The van der Waals surface area contributed by atoms with Crippen LogP contribution in [0.4, 0.5) is 0 Å². The zero-order valence-corrected chi connectivity index (χ0v) is 12.1. The summed E-state index contributed by atoms with van der Waals surface area (Å²) < 4.78 is 2.14. The van der Waals surface area contributed by atoms with E-state index in [0.717, 1.165) is 25.9 Å². The zero-order valence-electron chi connectivity index (χ0n) is 12.1. The molecule has 0 aliphatic heterocycles. The second-order valence-corrected chi connectivity index (χ2v) is 4.84. The predicted octanol–water partition coefficient (Wildman–Crippen LogP) is 2.78. The Hall–Kier alpha value is -1.61. The molecule has 0 spiro atoms. The summed E-state index contributed by atoms with van der Waals surface area (Å²) in [5.41, 5.74) is 5.13. The third-order valence-corrected chi connectivity index (χ3v) is 3.34. The topological polar surface area (TPSA) is 29.9 Å². The fourth-order valence-electron chi connectivity index (χ4n) is 2.32. The molecule has 0 saturated heterocycles. The first kappa shape index (κ1) is 13.8. The molecule has 3 heteroatoms. The SMILES string of the molecule is CCc1cc(CC)n(Cc2cccc(CNC)c2)n1. The Balaban J connectivity index is 2.20. The van der Waals surface area contributed by atoms with Crippen LogP contribution in [0.25, 0.3) is 0 Å². The normalized spacial score (nSPS) is 10.9. The standard InChI is InChI=1S/C16H23N3/c1-4-15-10-16(5-2)19(18-15)12-14-8-6-7-13(9-14)11-17-3/h6-10,17H,4-5,11-12H2,1-3H3. The molecule has 102 valence electrons. The lowest BCUT2D eigenvalue weighted by atomic mass is 10.1. The van der Waals surface area contributed by atoms with Crippen molar-refractivity contribution in [1.82, 2.24) is 15.1 Å². The number of aromatic nitrogens is 2. The lowest BCUT2D eigenvalue weighted by Crippen LogP contribution is -2.08. The molecule has 19 heavy (non-hydrogen) atoms. The molecule has 2 rings (SSSR count). The van der Waals surface area contributed by atoms with Crippen molar-refractivity contribution in [3.8, 4) is 0 Å². The van der Waals surface area contributed by atoms with Crippen molar-refractivity contribution in [1.29, 1.82) is 0 Å². The first-order chi connectivity index (χ1) is 9.26. The highest BCUT2D eigenvalue weighted by atomic mass is 15.3. The number of nitrogens with one attached hydrogen (secondary N) is 1. The van der Waals surface area contributed by atoms with Crippen LogP contribution in [-0.4, -0.2) is 16.8 Å². The summed E-state index contributed by atoms with van der Waals surface area (Å²) in [7, 11) is 1.98. The molecule has 3 nitrogen and oxygen atoms in total. The summed E-state index contributed by atoms with van der Waals surface area (Å²) in [6.07, 6.45) is 2.03. The molecule has 0 atom stereocenters. The molecule has 0 unspecified atom stereocenters. The number of benzene rings is 1. The first-order valence-electron chi connectivity index (χ1n) is 7.04. The van der Waals surface area contributed by atoms with E-state index in [-0.39, 0.29) is 0 Å². The van der Waals surface area contributed by atoms with Gasteiger partial charge < -0.3 is 5.32 Å². The average molecular weight is 257 g/mol. The van der Waals surface area contributed by atoms with Crippen LogP contribution in [-0.2, 0) is 25.9 Å². The number of hydrogen-bond donors (Lipinski definition) is 1. The quantitative estimate of drug-likeness (QED) is 0.862. The fourth-order valence-corrected chi connectivity index (χ4v) is 2.32. The smallest absolute Gasteiger partial charge is 0.0662 e. The van der Waals surface area contributed by atoms with Crippen molar-refractivity contribution in [3.05, 3.63) is 52.8 Å². The number of hydrogen-bond acceptors (Lipinski definition) is 2. The monoisotopic (exact) mass is 257 g/mol. The Morgan fingerprint density at radius 2 is 1.89 bits per heavy atom. The highest BCUT2D eigenvalue weighted by Crippen LogP contribution is 2.11. The van der Waals surface area contributed by atoms with Crippen LogP contribution in [0, 0.1) is 0 Å². The Morgan fingerprint density at radius 1 is 1.11 bits per heavy atom. The third-order valence-electron chi connectivity index (χ3n) is 3.34. The number of rotatable bonds is 6. The Kier molecular flexibility index (Phi) is 4.74. The molecule has 1 aromatic heterocycles. The molecule has 0 saturated carbocycles. The minimum Gasteiger partial charge on any atom is -0.316 e. The van der Waals surface area contributed by atoms with E-state index in [4.69, 9.17) is 0 Å². The maximum absolute atomic E-state index is 4.67. The van der Waals surface area contributed by atoms with Crippen LogP contribution >= 0.6 is 0 Å². The summed E-state index contributed by atoms with van der Waals surface area (Å²) in [5.74, 6) is 0. The Bertz CT molecular complexity index is 529. The lowest BCUT2D eigenvalue weighted by Gasteiger charge is -2.08. The minimum absolute atomic E-state index is 0.862. The van der Waals surface area contributed by atoms with Gasteiger partial charge in [-0.05, 0) is 37.1 Å². The summed E-state index contributed by atoms with van der Waals surface area (Å²) in [6, 6.07) is 10.9. The van der Waals surface area contributed by atoms with E-state index < -0.39 is 0 Å². The second kappa shape index (κ2) is 6.53. The van der Waals surface area contributed by atoms with E-state index in [0.29, 0.717) is 0 Å². The third kappa shape index (κ3) is 3.44. The van der Waals surface area contributed by atoms with Gasteiger partial charge in [0.1, 0.15) is 0 Å². The molecule has 0 fully saturated rings. The van der Waals surface area contributed by atoms with Crippen LogP contribution in [0.5, 0.6) is 0 Å². The molecule has 0 aliphatic rings. The van der Waals surface area contributed by atoms with Crippen molar-refractivity contribution in [2.45, 2.75) is 39.8 Å². The molecule has 0 radical (unpaired) electrons. The van der Waals surface area contributed by atoms with E-state index in [9.17, 15) is 0 Å². The van der Waals surface area contributed by atoms with Gasteiger partial charge in [-0.2, -0.15) is 5.10 Å². The summed E-state index contributed by atoms with van der Waals surface area (Å²) in [6.45, 7) is 6.11. The molecule has 0 bridgehead atoms. The van der Waals surface area contributed by atoms with Crippen LogP contribution in [0.3, 0.4) is 0 Å². The molecule has 1 heterocycles. The van der Waals surface area contributed by atoms with Crippen LogP contribution in [0.2, 0.25) is 0 Å². The van der Waals surface area contributed by atoms with Crippen LogP contribution in [0.15, 0.2) is 30.3 Å². The maximum Gasteiger partial charge on any atom is 0.0662 e. The van der Waals surface area contributed by atoms with Gasteiger partial charge in [0.15, 0.2) is 0 Å². The van der Waals surface area contributed by atoms with Crippen molar-refractivity contribution in [2.75, 3.05) is 7.05 Å². The lowest BCUT2D eigenvalue weighted by molar-refractivity contribution is 0.639. The highest BCUT2D eigenvalue weighted by Gasteiger charge is 2.06. The second-order valence-electron chi connectivity index (χ2n) is 4.84. The van der Waals surface area contributed by atoms with Crippen molar-refractivity contribution >= 4 is 0 Å². The van der Waals surface area contributed by atoms with Crippen LogP contribution in [0.1, 0.15) is 36.4 Å².